The Balaban J connectivity index is 1.73. The highest BCUT2D eigenvalue weighted by Gasteiger charge is 2.06. The summed E-state index contributed by atoms with van der Waals surface area (Å²) >= 11 is 0. The second-order valence-corrected chi connectivity index (χ2v) is 4.26. The zero-order valence-corrected chi connectivity index (χ0v) is 10.0. The van der Waals surface area contributed by atoms with Gasteiger partial charge in [0.25, 0.3) is 5.78 Å². The van der Waals surface area contributed by atoms with Crippen LogP contribution < -0.4 is 5.73 Å². The zero-order chi connectivity index (χ0) is 12.4. The van der Waals surface area contributed by atoms with E-state index < -0.39 is 0 Å². The van der Waals surface area contributed by atoms with Gasteiger partial charge in [-0.2, -0.15) is 4.98 Å². The van der Waals surface area contributed by atoms with E-state index in [9.17, 15) is 0 Å². The Kier molecular flexibility index (Phi) is 2.82. The summed E-state index contributed by atoms with van der Waals surface area (Å²) in [4.78, 5) is 8.74. The van der Waals surface area contributed by atoms with Gasteiger partial charge in [-0.1, -0.05) is 30.3 Å². The lowest BCUT2D eigenvalue weighted by atomic mass is 10.1. The van der Waals surface area contributed by atoms with Gasteiger partial charge in [0.05, 0.1) is 11.9 Å². The summed E-state index contributed by atoms with van der Waals surface area (Å²) in [6.45, 7) is 0.441. The summed E-state index contributed by atoms with van der Waals surface area (Å²) in [5, 5.41) is 3.21. The SMILES string of the molecule is NCc1cn2[nH]c(CCc3ccccc3)nc2n1. The maximum absolute atomic E-state index is 5.53. The number of H-pyrrole nitrogens is 1. The van der Waals surface area contributed by atoms with Crippen molar-refractivity contribution < 1.29 is 0 Å². The molecule has 0 aliphatic heterocycles. The van der Waals surface area contributed by atoms with E-state index in [2.05, 4.69) is 39.3 Å². The largest absolute Gasteiger partial charge is 0.325 e. The highest BCUT2D eigenvalue weighted by atomic mass is 15.3. The molecule has 3 rings (SSSR count). The number of imidazole rings is 1. The van der Waals surface area contributed by atoms with E-state index in [1.807, 2.05) is 16.8 Å². The Bertz CT molecular complexity index is 606. The van der Waals surface area contributed by atoms with Crippen LogP contribution in [0, 0.1) is 0 Å². The van der Waals surface area contributed by atoms with Gasteiger partial charge in [-0.25, -0.2) is 9.50 Å². The van der Waals surface area contributed by atoms with E-state index in [0.717, 1.165) is 24.4 Å². The number of hydrogen-bond acceptors (Lipinski definition) is 3. The van der Waals surface area contributed by atoms with E-state index >= 15 is 0 Å². The predicted octanol–water partition coefficient (Wildman–Crippen LogP) is 1.30. The summed E-state index contributed by atoms with van der Waals surface area (Å²) in [5.74, 6) is 1.64. The summed E-state index contributed by atoms with van der Waals surface area (Å²) in [6.07, 6.45) is 3.74. The lowest BCUT2D eigenvalue weighted by Crippen LogP contribution is -1.97. The van der Waals surface area contributed by atoms with Gasteiger partial charge in [-0.05, 0) is 12.0 Å². The number of aryl methyl sites for hydroxylation is 2. The topological polar surface area (TPSA) is 72.0 Å². The third-order valence-electron chi connectivity index (χ3n) is 2.92. The number of fused-ring (bicyclic) bond motifs is 1. The Morgan fingerprint density at radius 2 is 1.94 bits per heavy atom. The maximum atomic E-state index is 5.53. The number of rotatable bonds is 4. The number of nitrogens with zero attached hydrogens (tertiary/aromatic N) is 3. The Morgan fingerprint density at radius 1 is 1.11 bits per heavy atom. The summed E-state index contributed by atoms with van der Waals surface area (Å²) in [6, 6.07) is 10.4. The highest BCUT2D eigenvalue weighted by molar-refractivity contribution is 5.29. The molecule has 3 N–H and O–H groups in total. The fourth-order valence-electron chi connectivity index (χ4n) is 1.98. The first kappa shape index (κ1) is 11.0. The van der Waals surface area contributed by atoms with Crippen molar-refractivity contribution in [3.8, 4) is 0 Å². The number of hydrogen-bond donors (Lipinski definition) is 2. The Labute approximate surface area is 105 Å². The van der Waals surface area contributed by atoms with Crippen LogP contribution in [-0.2, 0) is 19.4 Å². The van der Waals surface area contributed by atoms with Crippen LogP contribution in [0.1, 0.15) is 17.1 Å². The smallest absolute Gasteiger partial charge is 0.250 e. The van der Waals surface area contributed by atoms with Gasteiger partial charge >= 0.3 is 0 Å². The van der Waals surface area contributed by atoms with Crippen molar-refractivity contribution in [2.45, 2.75) is 19.4 Å². The first-order valence-corrected chi connectivity index (χ1v) is 6.02. The highest BCUT2D eigenvalue weighted by Crippen LogP contribution is 2.06. The molecular formula is C13H15N5. The van der Waals surface area contributed by atoms with Gasteiger partial charge in [0.1, 0.15) is 5.82 Å². The molecule has 3 aromatic rings. The van der Waals surface area contributed by atoms with Gasteiger partial charge in [0, 0.05) is 13.0 Å². The van der Waals surface area contributed by atoms with Crippen molar-refractivity contribution >= 4 is 5.78 Å². The molecule has 0 saturated carbocycles. The average Bonchev–Trinajstić information content (AvgIpc) is 2.95. The van der Waals surface area contributed by atoms with E-state index in [0.29, 0.717) is 12.3 Å². The zero-order valence-electron chi connectivity index (χ0n) is 10.0. The molecule has 2 aromatic heterocycles. The number of nitrogens with two attached hydrogens (primary N) is 1. The van der Waals surface area contributed by atoms with E-state index in [1.165, 1.54) is 5.56 Å². The van der Waals surface area contributed by atoms with E-state index in [-0.39, 0.29) is 0 Å². The van der Waals surface area contributed by atoms with Crippen LogP contribution >= 0.6 is 0 Å². The van der Waals surface area contributed by atoms with Crippen LogP contribution in [0.15, 0.2) is 36.5 Å². The normalized spacial score (nSPS) is 11.2. The molecule has 0 saturated heterocycles. The molecule has 0 spiro atoms. The molecule has 5 heteroatoms. The standard InChI is InChI=1S/C13H15N5/c14-8-11-9-18-13(15-11)16-12(17-18)7-6-10-4-2-1-3-5-10/h1-5,9H,6-8,14H2,(H,15,16,17). The molecule has 0 unspecified atom stereocenters. The molecule has 2 heterocycles. The Hall–Kier alpha value is -2.14. The van der Waals surface area contributed by atoms with Crippen molar-refractivity contribution in [2.24, 2.45) is 5.73 Å². The minimum absolute atomic E-state index is 0.441. The Morgan fingerprint density at radius 3 is 2.67 bits per heavy atom. The predicted molar refractivity (Wildman–Crippen MR) is 69.1 cm³/mol. The van der Waals surface area contributed by atoms with Crippen molar-refractivity contribution in [2.75, 3.05) is 0 Å². The minimum atomic E-state index is 0.441. The molecule has 0 aliphatic carbocycles. The van der Waals surface area contributed by atoms with Gasteiger partial charge in [0.15, 0.2) is 0 Å². The molecule has 0 radical (unpaired) electrons. The number of benzene rings is 1. The molecule has 0 fully saturated rings. The lowest BCUT2D eigenvalue weighted by molar-refractivity contribution is 0.834. The second-order valence-electron chi connectivity index (χ2n) is 4.26. The third kappa shape index (κ3) is 2.12. The van der Waals surface area contributed by atoms with Gasteiger partial charge < -0.3 is 5.73 Å². The molecule has 92 valence electrons. The summed E-state index contributed by atoms with van der Waals surface area (Å²) in [7, 11) is 0. The van der Waals surface area contributed by atoms with Crippen LogP contribution in [0.25, 0.3) is 5.78 Å². The fraction of sp³-hybridized carbons (Fsp3) is 0.231. The van der Waals surface area contributed by atoms with Crippen molar-refractivity contribution in [1.29, 1.82) is 0 Å². The molecular weight excluding hydrogens is 226 g/mol. The van der Waals surface area contributed by atoms with Gasteiger partial charge in [-0.3, -0.25) is 5.10 Å². The molecule has 0 amide bonds. The lowest BCUT2D eigenvalue weighted by Gasteiger charge is -1.97. The van der Waals surface area contributed by atoms with E-state index in [1.54, 1.807) is 0 Å². The first-order valence-electron chi connectivity index (χ1n) is 6.02. The maximum Gasteiger partial charge on any atom is 0.250 e. The van der Waals surface area contributed by atoms with Crippen molar-refractivity contribution in [3.63, 3.8) is 0 Å². The monoisotopic (exact) mass is 241 g/mol. The summed E-state index contributed by atoms with van der Waals surface area (Å²) < 4.78 is 1.82. The molecule has 18 heavy (non-hydrogen) atoms. The average molecular weight is 241 g/mol. The van der Waals surface area contributed by atoms with Gasteiger partial charge in [-0.15, -0.1) is 0 Å². The second kappa shape index (κ2) is 4.62. The molecule has 0 aliphatic rings. The molecule has 1 aromatic carbocycles. The number of nitrogens with one attached hydrogen (secondary N) is 1. The van der Waals surface area contributed by atoms with Crippen molar-refractivity contribution in [3.05, 3.63) is 53.6 Å². The third-order valence-corrected chi connectivity index (χ3v) is 2.92. The fourth-order valence-corrected chi connectivity index (χ4v) is 1.98. The van der Waals surface area contributed by atoms with E-state index in [4.69, 9.17) is 5.73 Å². The van der Waals surface area contributed by atoms with Crippen LogP contribution in [0.2, 0.25) is 0 Å². The van der Waals surface area contributed by atoms with Gasteiger partial charge in [0.2, 0.25) is 0 Å². The molecule has 5 nitrogen and oxygen atoms in total. The molecule has 0 bridgehead atoms. The van der Waals surface area contributed by atoms with Crippen LogP contribution in [-0.4, -0.2) is 19.6 Å². The number of aromatic amines is 1. The van der Waals surface area contributed by atoms with Crippen LogP contribution in [0.4, 0.5) is 0 Å². The minimum Gasteiger partial charge on any atom is -0.325 e. The van der Waals surface area contributed by atoms with Crippen LogP contribution in [0.3, 0.4) is 0 Å². The van der Waals surface area contributed by atoms with Crippen LogP contribution in [0.5, 0.6) is 0 Å². The summed E-state index contributed by atoms with van der Waals surface area (Å²) in [5.41, 5.74) is 7.69. The van der Waals surface area contributed by atoms with Crippen molar-refractivity contribution in [1.82, 2.24) is 19.6 Å². The first-order chi connectivity index (χ1) is 8.85. The molecule has 0 atom stereocenters. The number of aromatic nitrogens is 4. The quantitative estimate of drug-likeness (QED) is 0.723.